The Hall–Kier alpha value is -2.22. The monoisotopic (exact) mass is 428 g/mol. The minimum atomic E-state index is -1.40. The maximum absolute atomic E-state index is 13.1. The molecule has 152 valence electrons. The molecule has 5 nitrogen and oxygen atoms in total. The van der Waals surface area contributed by atoms with Gasteiger partial charge in [0.15, 0.2) is 16.1 Å². The molecule has 1 aliphatic heterocycles. The number of hydrogen-bond acceptors (Lipinski definition) is 5. The minimum absolute atomic E-state index is 0.431. The highest BCUT2D eigenvalue weighted by atomic mass is 32.2. The van der Waals surface area contributed by atoms with Crippen molar-refractivity contribution in [3.63, 3.8) is 0 Å². The lowest BCUT2D eigenvalue weighted by Crippen LogP contribution is -2.14. The lowest BCUT2D eigenvalue weighted by Gasteiger charge is -2.19. The SMILES string of the molecule is CCOc1ccc(-c2ccccc2S(=O)Nc2nc(C3CCOCC3)cs2)cc1. The van der Waals surface area contributed by atoms with E-state index in [1.807, 2.05) is 55.5 Å². The van der Waals surface area contributed by atoms with E-state index in [-0.39, 0.29) is 0 Å². The third-order valence-electron chi connectivity index (χ3n) is 4.90. The molecule has 1 saturated heterocycles. The quantitative estimate of drug-likeness (QED) is 0.559. The Labute approximate surface area is 177 Å². The molecule has 0 amide bonds. The van der Waals surface area contributed by atoms with Crippen LogP contribution in [0, 0.1) is 0 Å². The summed E-state index contributed by atoms with van der Waals surface area (Å²) in [4.78, 5) is 5.41. The predicted octanol–water partition coefficient (Wildman–Crippen LogP) is 5.24. The van der Waals surface area contributed by atoms with Gasteiger partial charge >= 0.3 is 0 Å². The number of rotatable bonds is 7. The molecule has 1 aromatic heterocycles. The van der Waals surface area contributed by atoms with Crippen molar-refractivity contribution in [2.24, 2.45) is 0 Å². The molecule has 3 aromatic rings. The van der Waals surface area contributed by atoms with Gasteiger partial charge in [-0.3, -0.25) is 4.72 Å². The van der Waals surface area contributed by atoms with Gasteiger partial charge in [-0.15, -0.1) is 11.3 Å². The highest BCUT2D eigenvalue weighted by molar-refractivity contribution is 7.86. The van der Waals surface area contributed by atoms with Crippen LogP contribution in [0.25, 0.3) is 11.1 Å². The van der Waals surface area contributed by atoms with E-state index in [0.717, 1.165) is 53.5 Å². The first-order valence-electron chi connectivity index (χ1n) is 9.78. The maximum atomic E-state index is 13.1. The summed E-state index contributed by atoms with van der Waals surface area (Å²) in [5.41, 5.74) is 3.00. The third kappa shape index (κ3) is 4.86. The van der Waals surface area contributed by atoms with Gasteiger partial charge < -0.3 is 9.47 Å². The van der Waals surface area contributed by atoms with E-state index < -0.39 is 11.0 Å². The van der Waals surface area contributed by atoms with Gasteiger partial charge in [0.1, 0.15) is 5.75 Å². The molecule has 1 atom stereocenters. The Balaban J connectivity index is 1.51. The summed E-state index contributed by atoms with van der Waals surface area (Å²) in [6.45, 7) is 4.16. The molecular weight excluding hydrogens is 404 g/mol. The van der Waals surface area contributed by atoms with Crippen LogP contribution in [-0.4, -0.2) is 29.0 Å². The zero-order valence-electron chi connectivity index (χ0n) is 16.3. The van der Waals surface area contributed by atoms with E-state index in [9.17, 15) is 4.21 Å². The molecule has 0 spiro atoms. The van der Waals surface area contributed by atoms with Crippen molar-refractivity contribution < 1.29 is 13.7 Å². The Bertz CT molecular complexity index is 966. The van der Waals surface area contributed by atoms with E-state index in [2.05, 4.69) is 15.1 Å². The maximum Gasteiger partial charge on any atom is 0.195 e. The zero-order valence-corrected chi connectivity index (χ0v) is 17.9. The fourth-order valence-electron chi connectivity index (χ4n) is 3.41. The highest BCUT2D eigenvalue weighted by Gasteiger charge is 2.20. The Morgan fingerprint density at radius 3 is 2.69 bits per heavy atom. The van der Waals surface area contributed by atoms with Crippen LogP contribution in [0.2, 0.25) is 0 Å². The molecular formula is C22H24N2O3S2. The average molecular weight is 429 g/mol. The van der Waals surface area contributed by atoms with E-state index >= 15 is 0 Å². The largest absolute Gasteiger partial charge is 0.494 e. The number of ether oxygens (including phenoxy) is 2. The molecule has 2 aromatic carbocycles. The predicted molar refractivity (Wildman–Crippen MR) is 118 cm³/mol. The second kappa shape index (κ2) is 9.52. The first-order chi connectivity index (χ1) is 14.2. The number of hydrogen-bond donors (Lipinski definition) is 1. The highest BCUT2D eigenvalue weighted by Crippen LogP contribution is 2.32. The molecule has 7 heteroatoms. The summed E-state index contributed by atoms with van der Waals surface area (Å²) in [7, 11) is -1.40. The Morgan fingerprint density at radius 2 is 1.93 bits per heavy atom. The third-order valence-corrected chi connectivity index (χ3v) is 6.94. The molecule has 1 aliphatic rings. The second-order valence-corrected chi connectivity index (χ2v) is 8.83. The van der Waals surface area contributed by atoms with Gasteiger partial charge in [-0.1, -0.05) is 30.3 Å². The smallest absolute Gasteiger partial charge is 0.195 e. The summed E-state index contributed by atoms with van der Waals surface area (Å²) >= 11 is 1.50. The topological polar surface area (TPSA) is 60.5 Å². The minimum Gasteiger partial charge on any atom is -0.494 e. The van der Waals surface area contributed by atoms with Crippen LogP contribution in [0.15, 0.2) is 58.8 Å². The molecule has 1 N–H and O–H groups in total. The number of benzene rings is 2. The van der Waals surface area contributed by atoms with Crippen molar-refractivity contribution in [1.82, 2.24) is 4.98 Å². The van der Waals surface area contributed by atoms with Crippen molar-refractivity contribution in [3.8, 4) is 16.9 Å². The van der Waals surface area contributed by atoms with Gasteiger partial charge in [0.2, 0.25) is 0 Å². The van der Waals surface area contributed by atoms with Gasteiger partial charge in [0.25, 0.3) is 0 Å². The zero-order chi connectivity index (χ0) is 20.1. The van der Waals surface area contributed by atoms with Gasteiger partial charge in [0.05, 0.1) is 17.2 Å². The number of anilines is 1. The molecule has 0 aliphatic carbocycles. The Morgan fingerprint density at radius 1 is 1.17 bits per heavy atom. The molecule has 0 radical (unpaired) electrons. The first kappa shape index (κ1) is 20.1. The molecule has 29 heavy (non-hydrogen) atoms. The fraction of sp³-hybridized carbons (Fsp3) is 0.318. The normalized spacial score (nSPS) is 15.8. The number of aromatic nitrogens is 1. The molecule has 1 unspecified atom stereocenters. The van der Waals surface area contributed by atoms with Crippen LogP contribution in [0.5, 0.6) is 5.75 Å². The van der Waals surface area contributed by atoms with E-state index in [4.69, 9.17) is 9.47 Å². The van der Waals surface area contributed by atoms with Crippen LogP contribution < -0.4 is 9.46 Å². The van der Waals surface area contributed by atoms with Crippen molar-refractivity contribution >= 4 is 27.5 Å². The molecule has 2 heterocycles. The van der Waals surface area contributed by atoms with Crippen molar-refractivity contribution in [3.05, 3.63) is 59.6 Å². The van der Waals surface area contributed by atoms with Crippen molar-refractivity contribution in [2.75, 3.05) is 24.5 Å². The number of thiazole rings is 1. The van der Waals surface area contributed by atoms with Gasteiger partial charge in [-0.25, -0.2) is 9.19 Å². The number of nitrogens with one attached hydrogen (secondary N) is 1. The summed E-state index contributed by atoms with van der Waals surface area (Å²) in [6, 6.07) is 15.6. The van der Waals surface area contributed by atoms with Crippen molar-refractivity contribution in [1.29, 1.82) is 0 Å². The standard InChI is InChI=1S/C22H24N2O3S2/c1-2-27-18-9-7-16(8-10-18)19-5-3-4-6-21(19)29(25)24-22-23-20(15-28-22)17-11-13-26-14-12-17/h3-10,15,17H,2,11-14H2,1H3,(H,23,24). The first-order valence-corrected chi connectivity index (χ1v) is 11.8. The average Bonchev–Trinajstić information content (AvgIpc) is 3.24. The molecule has 1 fully saturated rings. The molecule has 0 bridgehead atoms. The molecule has 0 saturated carbocycles. The lowest BCUT2D eigenvalue weighted by atomic mass is 9.98. The summed E-state index contributed by atoms with van der Waals surface area (Å²) in [5.74, 6) is 1.26. The van der Waals surface area contributed by atoms with Crippen LogP contribution in [-0.2, 0) is 15.7 Å². The van der Waals surface area contributed by atoms with Gasteiger partial charge in [-0.2, -0.15) is 0 Å². The lowest BCUT2D eigenvalue weighted by molar-refractivity contribution is 0.0846. The van der Waals surface area contributed by atoms with Crippen LogP contribution >= 0.6 is 11.3 Å². The van der Waals surface area contributed by atoms with Crippen LogP contribution in [0.3, 0.4) is 0 Å². The van der Waals surface area contributed by atoms with Crippen molar-refractivity contribution in [2.45, 2.75) is 30.6 Å². The summed E-state index contributed by atoms with van der Waals surface area (Å²) in [5, 5.41) is 2.75. The van der Waals surface area contributed by atoms with E-state index in [0.29, 0.717) is 17.7 Å². The van der Waals surface area contributed by atoms with Crippen LogP contribution in [0.4, 0.5) is 5.13 Å². The molecule has 4 rings (SSSR count). The van der Waals surface area contributed by atoms with Gasteiger partial charge in [0, 0.05) is 24.5 Å². The van der Waals surface area contributed by atoms with Crippen LogP contribution in [0.1, 0.15) is 31.4 Å². The Kier molecular flexibility index (Phi) is 6.59. The van der Waals surface area contributed by atoms with Gasteiger partial charge in [-0.05, 0) is 49.1 Å². The summed E-state index contributed by atoms with van der Waals surface area (Å²) in [6.07, 6.45) is 1.99. The second-order valence-electron chi connectivity index (χ2n) is 6.79. The fourth-order valence-corrected chi connectivity index (χ4v) is 5.37. The summed E-state index contributed by atoms with van der Waals surface area (Å²) < 4.78 is 27.1. The number of nitrogens with zero attached hydrogens (tertiary/aromatic N) is 1. The van der Waals surface area contributed by atoms with E-state index in [1.54, 1.807) is 0 Å². The van der Waals surface area contributed by atoms with E-state index in [1.165, 1.54) is 11.3 Å².